The molecule has 0 aliphatic carbocycles. The summed E-state index contributed by atoms with van der Waals surface area (Å²) in [5.74, 6) is 0.864. The van der Waals surface area contributed by atoms with Crippen molar-refractivity contribution >= 4 is 29.0 Å². The molecule has 0 amide bonds. The van der Waals surface area contributed by atoms with Crippen molar-refractivity contribution < 1.29 is 0 Å². The Bertz CT molecular complexity index is 879. The number of aryl methyl sites for hydroxylation is 2. The van der Waals surface area contributed by atoms with E-state index in [4.69, 9.17) is 4.99 Å². The molecule has 0 saturated heterocycles. The monoisotopic (exact) mass is 348 g/mol. The fourth-order valence-electron chi connectivity index (χ4n) is 3.01. The Labute approximate surface area is 152 Å². The lowest BCUT2D eigenvalue weighted by Gasteiger charge is -2.23. The van der Waals surface area contributed by atoms with Crippen LogP contribution < -0.4 is 5.32 Å². The number of nitrogens with one attached hydrogen (secondary N) is 1. The molecule has 0 spiro atoms. The highest BCUT2D eigenvalue weighted by Crippen LogP contribution is 2.37. The van der Waals surface area contributed by atoms with Crippen LogP contribution in [0.5, 0.6) is 0 Å². The first kappa shape index (κ1) is 17.2. The van der Waals surface area contributed by atoms with Gasteiger partial charge in [-0.15, -0.1) is 11.8 Å². The standard InChI is InChI=1S/C20H20N4S/c1-13-18-14(2)23-20(25-3)16(12-21)19(18)24-17(22-13)11-7-10-15-8-5-4-6-9-15/h4-6,8-9H,1,7,10-11H2,2-3H3,(H,22,24). The first-order valence-corrected chi connectivity index (χ1v) is 9.43. The van der Waals surface area contributed by atoms with Gasteiger partial charge in [0.15, 0.2) is 0 Å². The fraction of sp³-hybridized carbons (Fsp3) is 0.250. The van der Waals surface area contributed by atoms with Crippen molar-refractivity contribution in [2.24, 2.45) is 4.99 Å². The van der Waals surface area contributed by atoms with Gasteiger partial charge in [-0.1, -0.05) is 36.9 Å². The Morgan fingerprint density at radius 2 is 2.00 bits per heavy atom. The number of aromatic nitrogens is 1. The molecule has 1 aromatic heterocycles. The molecule has 0 saturated carbocycles. The second-order valence-electron chi connectivity index (χ2n) is 5.92. The number of rotatable bonds is 5. The minimum absolute atomic E-state index is 0.538. The van der Waals surface area contributed by atoms with Gasteiger partial charge >= 0.3 is 0 Å². The summed E-state index contributed by atoms with van der Waals surface area (Å²) in [6, 6.07) is 12.7. The van der Waals surface area contributed by atoms with Crippen LogP contribution in [0.4, 0.5) is 5.69 Å². The third-order valence-corrected chi connectivity index (χ3v) is 4.87. The van der Waals surface area contributed by atoms with Crippen molar-refractivity contribution in [1.82, 2.24) is 10.3 Å². The molecule has 1 aliphatic rings. The number of pyridine rings is 1. The van der Waals surface area contributed by atoms with Crippen LogP contribution >= 0.6 is 11.8 Å². The quantitative estimate of drug-likeness (QED) is 0.802. The van der Waals surface area contributed by atoms with E-state index in [1.165, 1.54) is 17.3 Å². The Balaban J connectivity index is 1.86. The summed E-state index contributed by atoms with van der Waals surface area (Å²) >= 11 is 1.47. The number of nitrogens with zero attached hydrogens (tertiary/aromatic N) is 3. The van der Waals surface area contributed by atoms with E-state index in [-0.39, 0.29) is 0 Å². The Kier molecular flexibility index (Phi) is 5.20. The zero-order valence-electron chi connectivity index (χ0n) is 14.5. The molecule has 0 bridgehead atoms. The normalized spacial score (nSPS) is 12.8. The molecule has 0 atom stereocenters. The highest BCUT2D eigenvalue weighted by molar-refractivity contribution is 7.98. The summed E-state index contributed by atoms with van der Waals surface area (Å²) in [5, 5.41) is 13.6. The van der Waals surface area contributed by atoms with Crippen LogP contribution in [0.2, 0.25) is 0 Å². The van der Waals surface area contributed by atoms with Crippen molar-refractivity contribution in [3.63, 3.8) is 0 Å². The lowest BCUT2D eigenvalue weighted by molar-refractivity contribution is 0.848. The summed E-state index contributed by atoms with van der Waals surface area (Å²) in [5.41, 5.74) is 5.03. The Morgan fingerprint density at radius 3 is 2.68 bits per heavy atom. The smallest absolute Gasteiger partial charge is 0.116 e. The molecule has 0 fully saturated rings. The molecule has 2 heterocycles. The number of benzene rings is 1. The van der Waals surface area contributed by atoms with Gasteiger partial charge in [0.2, 0.25) is 0 Å². The number of amidine groups is 1. The molecule has 5 heteroatoms. The van der Waals surface area contributed by atoms with Crippen LogP contribution in [-0.4, -0.2) is 17.1 Å². The molecule has 4 nitrogen and oxygen atoms in total. The molecular formula is C20H20N4S. The maximum atomic E-state index is 9.57. The first-order chi connectivity index (χ1) is 12.1. The SMILES string of the molecule is C=C1NC(CCCc2ccccc2)=Nc2c(C#N)c(SC)nc(C)c21. The van der Waals surface area contributed by atoms with E-state index in [1.54, 1.807) is 0 Å². The van der Waals surface area contributed by atoms with Crippen LogP contribution in [-0.2, 0) is 6.42 Å². The van der Waals surface area contributed by atoms with E-state index in [1.807, 2.05) is 19.2 Å². The lowest BCUT2D eigenvalue weighted by Crippen LogP contribution is -2.25. The highest BCUT2D eigenvalue weighted by atomic mass is 32.2. The minimum Gasteiger partial charge on any atom is -0.344 e. The topological polar surface area (TPSA) is 61.1 Å². The van der Waals surface area contributed by atoms with Crippen molar-refractivity contribution in [3.05, 3.63) is 59.3 Å². The van der Waals surface area contributed by atoms with Crippen LogP contribution in [0.25, 0.3) is 5.70 Å². The van der Waals surface area contributed by atoms with Gasteiger partial charge in [0.1, 0.15) is 22.5 Å². The second kappa shape index (κ2) is 7.54. The number of hydrogen-bond acceptors (Lipinski definition) is 5. The highest BCUT2D eigenvalue weighted by Gasteiger charge is 2.23. The van der Waals surface area contributed by atoms with Crippen molar-refractivity contribution in [2.45, 2.75) is 31.2 Å². The molecule has 126 valence electrons. The zero-order valence-corrected chi connectivity index (χ0v) is 15.3. The summed E-state index contributed by atoms with van der Waals surface area (Å²) < 4.78 is 0. The average molecular weight is 348 g/mol. The number of aliphatic imine (C=N–C) groups is 1. The number of fused-ring (bicyclic) bond motifs is 1. The summed E-state index contributed by atoms with van der Waals surface area (Å²) in [4.78, 5) is 9.26. The minimum atomic E-state index is 0.538. The largest absolute Gasteiger partial charge is 0.344 e. The van der Waals surface area contributed by atoms with E-state index in [0.717, 1.165) is 47.1 Å². The summed E-state index contributed by atoms with van der Waals surface area (Å²) in [6.07, 6.45) is 4.72. The van der Waals surface area contributed by atoms with Gasteiger partial charge < -0.3 is 5.32 Å². The maximum Gasteiger partial charge on any atom is 0.116 e. The van der Waals surface area contributed by atoms with Gasteiger partial charge in [0.05, 0.1) is 11.4 Å². The van der Waals surface area contributed by atoms with Crippen molar-refractivity contribution in [1.29, 1.82) is 5.26 Å². The van der Waals surface area contributed by atoms with Crippen LogP contribution in [0.1, 0.15) is 35.2 Å². The predicted molar refractivity (Wildman–Crippen MR) is 104 cm³/mol. The molecule has 0 radical (unpaired) electrons. The van der Waals surface area contributed by atoms with Crippen LogP contribution in [0.3, 0.4) is 0 Å². The molecular weight excluding hydrogens is 328 g/mol. The lowest BCUT2D eigenvalue weighted by atomic mass is 10.0. The molecule has 2 aromatic rings. The summed E-state index contributed by atoms with van der Waals surface area (Å²) in [7, 11) is 0. The molecule has 0 unspecified atom stereocenters. The molecule has 25 heavy (non-hydrogen) atoms. The van der Waals surface area contributed by atoms with Gasteiger partial charge in [0, 0.05) is 17.7 Å². The van der Waals surface area contributed by atoms with E-state index in [0.29, 0.717) is 11.3 Å². The fourth-order valence-corrected chi connectivity index (χ4v) is 3.58. The molecule has 1 N–H and O–H groups in total. The molecule has 1 aliphatic heterocycles. The Hall–Kier alpha value is -2.58. The van der Waals surface area contributed by atoms with Crippen LogP contribution in [0.15, 0.2) is 46.9 Å². The zero-order chi connectivity index (χ0) is 17.8. The van der Waals surface area contributed by atoms with E-state index >= 15 is 0 Å². The second-order valence-corrected chi connectivity index (χ2v) is 6.71. The van der Waals surface area contributed by atoms with Gasteiger partial charge in [-0.25, -0.2) is 9.98 Å². The third-order valence-electron chi connectivity index (χ3n) is 4.19. The van der Waals surface area contributed by atoms with Crippen molar-refractivity contribution in [3.8, 4) is 6.07 Å². The summed E-state index contributed by atoms with van der Waals surface area (Å²) in [6.45, 7) is 6.05. The number of hydrogen-bond donors (Lipinski definition) is 1. The first-order valence-electron chi connectivity index (χ1n) is 8.20. The number of thioether (sulfide) groups is 1. The number of nitriles is 1. The van der Waals surface area contributed by atoms with Crippen molar-refractivity contribution in [2.75, 3.05) is 6.26 Å². The van der Waals surface area contributed by atoms with Gasteiger partial charge in [-0.05, 0) is 31.6 Å². The molecule has 1 aromatic carbocycles. The van der Waals surface area contributed by atoms with E-state index in [2.05, 4.69) is 47.2 Å². The molecule has 3 rings (SSSR count). The third kappa shape index (κ3) is 3.59. The van der Waals surface area contributed by atoms with Crippen LogP contribution in [0, 0.1) is 18.3 Å². The van der Waals surface area contributed by atoms with Gasteiger partial charge in [0.25, 0.3) is 0 Å². The van der Waals surface area contributed by atoms with Gasteiger partial charge in [-0.3, -0.25) is 0 Å². The van der Waals surface area contributed by atoms with Gasteiger partial charge in [-0.2, -0.15) is 5.26 Å². The predicted octanol–water partition coefficient (Wildman–Crippen LogP) is 4.61. The average Bonchev–Trinajstić information content (AvgIpc) is 2.62. The van der Waals surface area contributed by atoms with E-state index in [9.17, 15) is 5.26 Å². The Morgan fingerprint density at radius 1 is 1.24 bits per heavy atom. The van der Waals surface area contributed by atoms with E-state index < -0.39 is 0 Å². The maximum absolute atomic E-state index is 9.57.